The van der Waals surface area contributed by atoms with Gasteiger partial charge in [-0.25, -0.2) is 14.7 Å². The fourth-order valence-corrected chi connectivity index (χ4v) is 4.02. The van der Waals surface area contributed by atoms with E-state index >= 15 is 0 Å². The molecule has 166 valence electrons. The Balaban J connectivity index is 1.30. The Morgan fingerprint density at radius 2 is 2.00 bits per heavy atom. The zero-order valence-electron chi connectivity index (χ0n) is 17.9. The van der Waals surface area contributed by atoms with E-state index in [4.69, 9.17) is 16.3 Å². The number of aryl methyl sites for hydroxylation is 1. The number of nitrogens with zero attached hydrogens (tertiary/aromatic N) is 6. The van der Waals surface area contributed by atoms with Crippen LogP contribution in [0.1, 0.15) is 42.9 Å². The van der Waals surface area contributed by atoms with E-state index in [1.807, 2.05) is 42.0 Å². The summed E-state index contributed by atoms with van der Waals surface area (Å²) >= 11 is 5.96. The Kier molecular flexibility index (Phi) is 5.42. The topological polar surface area (TPSA) is 98.1 Å². The summed E-state index contributed by atoms with van der Waals surface area (Å²) in [5, 5.41) is 4.01. The van der Waals surface area contributed by atoms with Gasteiger partial charge < -0.3 is 14.6 Å². The molecule has 1 aliphatic carbocycles. The Hall–Kier alpha value is -3.20. The van der Waals surface area contributed by atoms with Crippen LogP contribution < -0.4 is 10.2 Å². The van der Waals surface area contributed by atoms with Gasteiger partial charge in [-0.2, -0.15) is 15.0 Å². The first-order chi connectivity index (χ1) is 15.5. The van der Waals surface area contributed by atoms with Gasteiger partial charge in [0.1, 0.15) is 12.4 Å². The van der Waals surface area contributed by atoms with Crippen LogP contribution in [-0.2, 0) is 11.3 Å². The number of cyclic esters (lactones) is 1. The van der Waals surface area contributed by atoms with Crippen molar-refractivity contribution < 1.29 is 9.53 Å². The van der Waals surface area contributed by atoms with E-state index in [9.17, 15) is 4.79 Å². The van der Waals surface area contributed by atoms with E-state index in [0.717, 1.165) is 29.1 Å². The molecular weight excluding hydrogens is 430 g/mol. The number of benzene rings is 1. The summed E-state index contributed by atoms with van der Waals surface area (Å²) in [5.41, 5.74) is 1.99. The monoisotopic (exact) mass is 453 g/mol. The molecule has 1 aliphatic heterocycles. The largest absolute Gasteiger partial charge is 0.447 e. The highest BCUT2D eigenvalue weighted by Gasteiger charge is 2.45. The SMILES string of the molecule is Cc1nc(N[C@@H](C)c2cn(Cc3ccc(Cl)cc3)cn2)nc(N2C(=O)OC[C@@H]2C2CC2)n1. The van der Waals surface area contributed by atoms with Crippen LogP contribution >= 0.6 is 11.6 Å². The van der Waals surface area contributed by atoms with Crippen molar-refractivity contribution >= 4 is 29.6 Å². The van der Waals surface area contributed by atoms with Crippen LogP contribution in [0.3, 0.4) is 0 Å². The van der Waals surface area contributed by atoms with Crippen LogP contribution in [0.5, 0.6) is 0 Å². The fourth-order valence-electron chi connectivity index (χ4n) is 3.89. The standard InChI is InChI=1S/C22H24ClN7O2/c1-13(18-10-29(12-24-18)9-15-3-7-17(23)8-4-15)25-20-26-14(2)27-21(28-20)30-19(16-5-6-16)11-32-22(30)31/h3-4,7-8,10,12-13,16,19H,5-6,9,11H2,1-2H3,(H,25,26,27,28)/t13-,19+/m0/s1. The highest BCUT2D eigenvalue weighted by Crippen LogP contribution is 2.39. The van der Waals surface area contributed by atoms with Crippen molar-refractivity contribution in [1.82, 2.24) is 24.5 Å². The number of rotatable bonds is 7. The number of carbonyl (C=O) groups excluding carboxylic acids is 1. The van der Waals surface area contributed by atoms with Gasteiger partial charge in [-0.3, -0.25) is 0 Å². The van der Waals surface area contributed by atoms with Gasteiger partial charge in [0.25, 0.3) is 0 Å². The van der Waals surface area contributed by atoms with Crippen molar-refractivity contribution in [2.24, 2.45) is 5.92 Å². The first kappa shape index (κ1) is 20.7. The molecule has 1 aromatic carbocycles. The maximum atomic E-state index is 12.3. The predicted molar refractivity (Wildman–Crippen MR) is 120 cm³/mol. The molecule has 1 saturated carbocycles. The molecule has 2 aromatic heterocycles. The molecule has 2 fully saturated rings. The number of carbonyl (C=O) groups is 1. The van der Waals surface area contributed by atoms with Crippen molar-refractivity contribution in [3.8, 4) is 0 Å². The molecule has 9 nitrogen and oxygen atoms in total. The van der Waals surface area contributed by atoms with Crippen molar-refractivity contribution in [1.29, 1.82) is 0 Å². The van der Waals surface area contributed by atoms with Crippen LogP contribution in [0.25, 0.3) is 0 Å². The van der Waals surface area contributed by atoms with Gasteiger partial charge in [-0.15, -0.1) is 0 Å². The predicted octanol–water partition coefficient (Wildman–Crippen LogP) is 3.99. The lowest BCUT2D eigenvalue weighted by molar-refractivity contribution is 0.178. The lowest BCUT2D eigenvalue weighted by Crippen LogP contribution is -2.36. The second-order valence-corrected chi connectivity index (χ2v) is 8.76. The van der Waals surface area contributed by atoms with Crippen LogP contribution in [0, 0.1) is 12.8 Å². The minimum Gasteiger partial charge on any atom is -0.447 e. The molecule has 0 unspecified atom stereocenters. The molecule has 0 bridgehead atoms. The zero-order valence-corrected chi connectivity index (χ0v) is 18.7. The van der Waals surface area contributed by atoms with E-state index in [0.29, 0.717) is 36.8 Å². The Morgan fingerprint density at radius 3 is 2.75 bits per heavy atom. The molecule has 0 spiro atoms. The third-order valence-corrected chi connectivity index (χ3v) is 6.00. The van der Waals surface area contributed by atoms with E-state index in [2.05, 4.69) is 25.3 Å². The summed E-state index contributed by atoms with van der Waals surface area (Å²) in [6.07, 6.45) is 5.59. The molecule has 32 heavy (non-hydrogen) atoms. The summed E-state index contributed by atoms with van der Waals surface area (Å²) < 4.78 is 7.28. The maximum Gasteiger partial charge on any atom is 0.417 e. The lowest BCUT2D eigenvalue weighted by atomic mass is 10.2. The Bertz CT molecular complexity index is 1130. The molecule has 0 radical (unpaired) electrons. The van der Waals surface area contributed by atoms with E-state index < -0.39 is 6.09 Å². The maximum absolute atomic E-state index is 12.3. The number of ether oxygens (including phenoxy) is 1. The normalized spacial score (nSPS) is 19.2. The number of imidazole rings is 1. The van der Waals surface area contributed by atoms with Gasteiger partial charge >= 0.3 is 6.09 Å². The second-order valence-electron chi connectivity index (χ2n) is 8.32. The highest BCUT2D eigenvalue weighted by molar-refractivity contribution is 6.30. The van der Waals surface area contributed by atoms with Crippen molar-refractivity contribution in [3.05, 3.63) is 58.9 Å². The van der Waals surface area contributed by atoms with Gasteiger partial charge in [-0.1, -0.05) is 23.7 Å². The molecule has 3 heterocycles. The van der Waals surface area contributed by atoms with Crippen LogP contribution in [0.15, 0.2) is 36.8 Å². The van der Waals surface area contributed by atoms with Gasteiger partial charge in [0.15, 0.2) is 0 Å². The summed E-state index contributed by atoms with van der Waals surface area (Å²) in [4.78, 5) is 31.7. The summed E-state index contributed by atoms with van der Waals surface area (Å²) in [5.74, 6) is 1.73. The molecule has 5 rings (SSSR count). The van der Waals surface area contributed by atoms with E-state index in [1.165, 1.54) is 0 Å². The fraction of sp³-hybridized carbons (Fsp3) is 0.409. The van der Waals surface area contributed by atoms with Gasteiger partial charge in [0.2, 0.25) is 11.9 Å². The summed E-state index contributed by atoms with van der Waals surface area (Å²) in [7, 11) is 0. The number of halogens is 1. The zero-order chi connectivity index (χ0) is 22.2. The average Bonchev–Trinajstić information content (AvgIpc) is 3.37. The number of amides is 1. The third kappa shape index (κ3) is 4.38. The molecule has 1 amide bonds. The molecule has 2 atom stereocenters. The first-order valence-corrected chi connectivity index (χ1v) is 11.1. The second kappa shape index (κ2) is 8.38. The summed E-state index contributed by atoms with van der Waals surface area (Å²) in [6, 6.07) is 7.61. The summed E-state index contributed by atoms with van der Waals surface area (Å²) in [6.45, 7) is 4.87. The number of anilines is 2. The average molecular weight is 454 g/mol. The van der Waals surface area contributed by atoms with Crippen LogP contribution in [0.2, 0.25) is 5.02 Å². The lowest BCUT2D eigenvalue weighted by Gasteiger charge is -2.20. The van der Waals surface area contributed by atoms with Gasteiger partial charge in [0.05, 0.1) is 24.1 Å². The number of hydrogen-bond acceptors (Lipinski definition) is 7. The van der Waals surface area contributed by atoms with E-state index in [1.54, 1.807) is 18.2 Å². The molecule has 1 saturated heterocycles. The molecule has 2 aliphatic rings. The minimum absolute atomic E-state index is 0.00172. The van der Waals surface area contributed by atoms with Gasteiger partial charge in [-0.05, 0) is 50.3 Å². The van der Waals surface area contributed by atoms with Crippen LogP contribution in [-0.4, -0.2) is 43.2 Å². The highest BCUT2D eigenvalue weighted by atomic mass is 35.5. The molecular formula is C22H24ClN7O2. The quantitative estimate of drug-likeness (QED) is 0.577. The molecule has 1 N–H and O–H groups in total. The van der Waals surface area contributed by atoms with Gasteiger partial charge in [0, 0.05) is 17.8 Å². The Labute approximate surface area is 190 Å². The number of aromatic nitrogens is 5. The van der Waals surface area contributed by atoms with Crippen LogP contribution in [0.4, 0.5) is 16.7 Å². The third-order valence-electron chi connectivity index (χ3n) is 5.74. The van der Waals surface area contributed by atoms with Crippen molar-refractivity contribution in [2.45, 2.75) is 45.3 Å². The first-order valence-electron chi connectivity index (χ1n) is 10.7. The van der Waals surface area contributed by atoms with Crippen molar-refractivity contribution in [3.63, 3.8) is 0 Å². The number of nitrogens with one attached hydrogen (secondary N) is 1. The molecule has 10 heteroatoms. The van der Waals surface area contributed by atoms with Crippen molar-refractivity contribution in [2.75, 3.05) is 16.8 Å². The Morgan fingerprint density at radius 1 is 1.22 bits per heavy atom. The van der Waals surface area contributed by atoms with E-state index in [-0.39, 0.29) is 12.1 Å². The minimum atomic E-state index is -0.396. The number of hydrogen-bond donors (Lipinski definition) is 1. The smallest absolute Gasteiger partial charge is 0.417 e. The molecule has 3 aromatic rings.